The molecule has 0 N–H and O–H groups in total. The second-order valence-electron chi connectivity index (χ2n) is 8.97. The van der Waals surface area contributed by atoms with Crippen LogP contribution >= 0.6 is 0 Å². The fourth-order valence-electron chi connectivity index (χ4n) is 5.07. The molecule has 0 saturated carbocycles. The highest BCUT2D eigenvalue weighted by Gasteiger charge is 2.18. The van der Waals surface area contributed by atoms with E-state index in [2.05, 4.69) is 110 Å². The summed E-state index contributed by atoms with van der Waals surface area (Å²) in [5.74, 6) is 0.873. The van der Waals surface area contributed by atoms with Crippen LogP contribution in [0.4, 0.5) is 0 Å². The number of allylic oxidation sites excluding steroid dienone is 1. The molecule has 0 heteroatoms. The first-order valence-corrected chi connectivity index (χ1v) is 11.6. The van der Waals surface area contributed by atoms with Gasteiger partial charge in [-0.25, -0.2) is 0 Å². The molecule has 4 aromatic carbocycles. The fourth-order valence-corrected chi connectivity index (χ4v) is 5.07. The highest BCUT2D eigenvalue weighted by molar-refractivity contribution is 5.89. The molecule has 0 aliphatic heterocycles. The zero-order chi connectivity index (χ0) is 21.0. The van der Waals surface area contributed by atoms with Crippen LogP contribution in [0, 0.1) is 0 Å². The Morgan fingerprint density at radius 1 is 0.710 bits per heavy atom. The zero-order valence-corrected chi connectivity index (χ0v) is 18.3. The molecule has 0 amide bonds. The van der Waals surface area contributed by atoms with Gasteiger partial charge in [0, 0.05) is 5.92 Å². The standard InChI is InChI=1S/C31H30/c1-23-22-28(19-16-24-8-3-2-4-9-24)26-17-14-25(15-18-26)10-7-11-27-20-21-29(23)31-13-6-5-12-30(27)31/h2-6,8-9,12-21,23,28H,7,10-11,22H2,1H3/b19-16+/t23-,28-/m1/s1. The Morgan fingerprint density at radius 2 is 1.45 bits per heavy atom. The molecule has 4 bridgehead atoms. The van der Waals surface area contributed by atoms with Gasteiger partial charge in [-0.3, -0.25) is 0 Å². The van der Waals surface area contributed by atoms with Crippen molar-refractivity contribution in [1.29, 1.82) is 0 Å². The Hall–Kier alpha value is -3.12. The molecule has 0 spiro atoms. The maximum Gasteiger partial charge on any atom is 0.00270 e. The van der Waals surface area contributed by atoms with Gasteiger partial charge in [0.2, 0.25) is 0 Å². The average Bonchev–Trinajstić information content (AvgIpc) is 2.82. The van der Waals surface area contributed by atoms with Gasteiger partial charge in [-0.15, -0.1) is 0 Å². The molecule has 0 saturated heterocycles. The van der Waals surface area contributed by atoms with E-state index in [1.165, 1.54) is 45.0 Å². The quantitative estimate of drug-likeness (QED) is 0.316. The number of rotatable bonds is 2. The Morgan fingerprint density at radius 3 is 2.26 bits per heavy atom. The molecular weight excluding hydrogens is 372 g/mol. The van der Waals surface area contributed by atoms with Gasteiger partial charge in [-0.1, -0.05) is 110 Å². The zero-order valence-electron chi connectivity index (χ0n) is 18.3. The SMILES string of the molecule is C[C@@H]1C[C@@H](/C=C/c2ccccc2)c2ccc(cc2)CCCc2ccc1c1ccccc21. The summed E-state index contributed by atoms with van der Waals surface area (Å²) in [6.45, 7) is 2.39. The van der Waals surface area contributed by atoms with Gasteiger partial charge in [0.15, 0.2) is 0 Å². The van der Waals surface area contributed by atoms with Crippen LogP contribution in [0.25, 0.3) is 16.8 Å². The van der Waals surface area contributed by atoms with E-state index in [9.17, 15) is 0 Å². The van der Waals surface area contributed by atoms with E-state index in [1.807, 2.05) is 0 Å². The third-order valence-electron chi connectivity index (χ3n) is 6.83. The lowest BCUT2D eigenvalue weighted by Crippen LogP contribution is -2.05. The summed E-state index contributed by atoms with van der Waals surface area (Å²) < 4.78 is 0. The van der Waals surface area contributed by atoms with Crippen LogP contribution in [0.5, 0.6) is 0 Å². The van der Waals surface area contributed by atoms with Gasteiger partial charge in [0.05, 0.1) is 0 Å². The lowest BCUT2D eigenvalue weighted by atomic mass is 9.82. The van der Waals surface area contributed by atoms with Crippen molar-refractivity contribution >= 4 is 16.8 Å². The van der Waals surface area contributed by atoms with Crippen molar-refractivity contribution in [1.82, 2.24) is 0 Å². The Labute approximate surface area is 186 Å². The van der Waals surface area contributed by atoms with E-state index in [1.54, 1.807) is 0 Å². The summed E-state index contributed by atoms with van der Waals surface area (Å²) in [6, 6.07) is 33.8. The number of benzene rings is 4. The Balaban J connectivity index is 1.57. The molecule has 0 aromatic heterocycles. The summed E-state index contributed by atoms with van der Waals surface area (Å²) in [4.78, 5) is 0. The van der Waals surface area contributed by atoms with E-state index in [0.717, 1.165) is 19.3 Å². The molecule has 2 atom stereocenters. The second kappa shape index (κ2) is 8.94. The first-order valence-electron chi connectivity index (χ1n) is 11.6. The predicted molar refractivity (Wildman–Crippen MR) is 134 cm³/mol. The summed E-state index contributed by atoms with van der Waals surface area (Å²) in [5.41, 5.74) is 7.09. The lowest BCUT2D eigenvalue weighted by Gasteiger charge is -2.22. The van der Waals surface area contributed by atoms with Gasteiger partial charge in [0.1, 0.15) is 0 Å². The molecule has 31 heavy (non-hydrogen) atoms. The third kappa shape index (κ3) is 4.35. The van der Waals surface area contributed by atoms with Crippen molar-refractivity contribution in [2.75, 3.05) is 0 Å². The minimum Gasteiger partial charge on any atom is -0.0764 e. The summed E-state index contributed by atoms with van der Waals surface area (Å²) in [7, 11) is 0. The van der Waals surface area contributed by atoms with Crippen LogP contribution < -0.4 is 0 Å². The third-order valence-corrected chi connectivity index (χ3v) is 6.83. The molecule has 4 aliphatic rings. The van der Waals surface area contributed by atoms with E-state index in [-0.39, 0.29) is 0 Å². The van der Waals surface area contributed by atoms with E-state index < -0.39 is 0 Å². The average molecular weight is 403 g/mol. The number of hydrogen-bond donors (Lipinski definition) is 0. The topological polar surface area (TPSA) is 0 Å². The van der Waals surface area contributed by atoms with Crippen LogP contribution in [-0.2, 0) is 12.8 Å². The monoisotopic (exact) mass is 402 g/mol. The van der Waals surface area contributed by atoms with Gasteiger partial charge >= 0.3 is 0 Å². The van der Waals surface area contributed by atoms with Crippen LogP contribution in [-0.4, -0.2) is 0 Å². The molecule has 4 aliphatic carbocycles. The summed E-state index contributed by atoms with van der Waals surface area (Å²) in [6.07, 6.45) is 9.26. The highest BCUT2D eigenvalue weighted by Crippen LogP contribution is 2.36. The molecular formula is C31H30. The van der Waals surface area contributed by atoms with Crippen LogP contribution in [0.1, 0.15) is 59.4 Å². The molecule has 0 unspecified atom stereocenters. The van der Waals surface area contributed by atoms with Gasteiger partial charge in [0.25, 0.3) is 0 Å². The first kappa shape index (κ1) is 19.8. The normalized spacial score (nSPS) is 19.1. The lowest BCUT2D eigenvalue weighted by molar-refractivity contribution is 0.633. The Kier molecular flexibility index (Phi) is 5.71. The molecule has 154 valence electrons. The van der Waals surface area contributed by atoms with Crippen molar-refractivity contribution in [3.8, 4) is 0 Å². The van der Waals surface area contributed by atoms with Crippen molar-refractivity contribution in [3.63, 3.8) is 0 Å². The van der Waals surface area contributed by atoms with E-state index >= 15 is 0 Å². The van der Waals surface area contributed by atoms with Crippen molar-refractivity contribution in [2.24, 2.45) is 0 Å². The molecule has 4 aromatic rings. The van der Waals surface area contributed by atoms with Gasteiger partial charge in [-0.05, 0) is 70.2 Å². The largest absolute Gasteiger partial charge is 0.0764 e. The van der Waals surface area contributed by atoms with Gasteiger partial charge < -0.3 is 0 Å². The molecule has 0 nitrogen and oxygen atoms in total. The summed E-state index contributed by atoms with van der Waals surface area (Å²) >= 11 is 0. The van der Waals surface area contributed by atoms with E-state index in [0.29, 0.717) is 11.8 Å². The van der Waals surface area contributed by atoms with Crippen molar-refractivity contribution < 1.29 is 0 Å². The summed E-state index contributed by atoms with van der Waals surface area (Å²) in [5, 5.41) is 2.87. The molecule has 0 fully saturated rings. The van der Waals surface area contributed by atoms with E-state index in [4.69, 9.17) is 0 Å². The number of hydrogen-bond acceptors (Lipinski definition) is 0. The minimum atomic E-state index is 0.394. The highest BCUT2D eigenvalue weighted by atomic mass is 14.2. The maximum absolute atomic E-state index is 2.41. The second-order valence-corrected chi connectivity index (χ2v) is 8.97. The fraction of sp³-hybridized carbons (Fsp3) is 0.226. The number of aryl methyl sites for hydroxylation is 2. The van der Waals surface area contributed by atoms with Gasteiger partial charge in [-0.2, -0.15) is 0 Å². The van der Waals surface area contributed by atoms with Crippen LogP contribution in [0.2, 0.25) is 0 Å². The maximum atomic E-state index is 2.41. The van der Waals surface area contributed by atoms with Crippen LogP contribution in [0.15, 0.2) is 97.1 Å². The first-order chi connectivity index (χ1) is 15.3. The van der Waals surface area contributed by atoms with Crippen molar-refractivity contribution in [2.45, 2.75) is 44.4 Å². The Bertz CT molecular complexity index is 1180. The van der Waals surface area contributed by atoms with Crippen molar-refractivity contribution in [3.05, 3.63) is 125 Å². The minimum absolute atomic E-state index is 0.394. The predicted octanol–water partition coefficient (Wildman–Crippen LogP) is 8.32. The molecule has 8 rings (SSSR count). The van der Waals surface area contributed by atoms with Crippen LogP contribution in [0.3, 0.4) is 0 Å². The molecule has 0 heterocycles. The molecule has 0 radical (unpaired) electrons. The smallest absolute Gasteiger partial charge is 0.00270 e.